The molecule has 6 heteroatoms. The molecular weight excluding hydrogens is 373 g/mol. The van der Waals surface area contributed by atoms with Gasteiger partial charge in [-0.05, 0) is 42.0 Å². The maximum absolute atomic E-state index is 13.7. The number of carboxylic acid groups (broad SMARTS) is 1. The topological polar surface area (TPSA) is 75.6 Å². The van der Waals surface area contributed by atoms with Crippen molar-refractivity contribution in [2.45, 2.75) is 6.61 Å². The van der Waals surface area contributed by atoms with Gasteiger partial charge in [-0.3, -0.25) is 4.79 Å². The van der Waals surface area contributed by atoms with Crippen molar-refractivity contribution in [1.82, 2.24) is 5.32 Å². The van der Waals surface area contributed by atoms with E-state index in [4.69, 9.17) is 4.74 Å². The number of benzene rings is 3. The largest absolute Gasteiger partial charge is 0.489 e. The molecule has 3 rings (SSSR count). The van der Waals surface area contributed by atoms with Crippen LogP contribution in [0.2, 0.25) is 0 Å². The van der Waals surface area contributed by atoms with E-state index in [0.29, 0.717) is 22.4 Å². The lowest BCUT2D eigenvalue weighted by atomic mass is 10.1. The summed E-state index contributed by atoms with van der Waals surface area (Å²) >= 11 is 0. The lowest BCUT2D eigenvalue weighted by Crippen LogP contribution is -2.27. The smallest absolute Gasteiger partial charge is 0.352 e. The van der Waals surface area contributed by atoms with Crippen LogP contribution in [-0.2, 0) is 11.4 Å². The molecule has 0 atom stereocenters. The van der Waals surface area contributed by atoms with Crippen LogP contribution < -0.4 is 10.1 Å². The predicted octanol–water partition coefficient (Wildman–Crippen LogP) is 4.26. The average Bonchev–Trinajstić information content (AvgIpc) is 2.73. The van der Waals surface area contributed by atoms with Gasteiger partial charge < -0.3 is 15.2 Å². The second-order valence-corrected chi connectivity index (χ2v) is 6.14. The van der Waals surface area contributed by atoms with Gasteiger partial charge in [-0.1, -0.05) is 48.5 Å². The van der Waals surface area contributed by atoms with Gasteiger partial charge in [0, 0.05) is 11.1 Å². The lowest BCUT2D eigenvalue weighted by Gasteiger charge is -2.09. The summed E-state index contributed by atoms with van der Waals surface area (Å²) in [4.78, 5) is 23.8. The van der Waals surface area contributed by atoms with E-state index in [2.05, 4.69) is 5.32 Å². The van der Waals surface area contributed by atoms with Gasteiger partial charge in [0.15, 0.2) is 0 Å². The van der Waals surface area contributed by atoms with Crippen molar-refractivity contribution in [2.75, 3.05) is 0 Å². The van der Waals surface area contributed by atoms with Crippen LogP contribution in [0.5, 0.6) is 5.75 Å². The van der Waals surface area contributed by atoms with Gasteiger partial charge in [-0.15, -0.1) is 0 Å². The number of carbonyl (C=O) groups excluding carboxylic acids is 1. The molecule has 146 valence electrons. The molecule has 0 saturated carbocycles. The molecule has 2 N–H and O–H groups in total. The van der Waals surface area contributed by atoms with E-state index >= 15 is 0 Å². The van der Waals surface area contributed by atoms with Crippen LogP contribution in [0.15, 0.2) is 84.6 Å². The molecule has 29 heavy (non-hydrogen) atoms. The van der Waals surface area contributed by atoms with Crippen LogP contribution in [0.1, 0.15) is 21.5 Å². The van der Waals surface area contributed by atoms with Crippen molar-refractivity contribution < 1.29 is 23.8 Å². The van der Waals surface area contributed by atoms with Gasteiger partial charge in [-0.25, -0.2) is 9.18 Å². The third-order valence-electron chi connectivity index (χ3n) is 4.04. The Morgan fingerprint density at radius 3 is 2.41 bits per heavy atom. The van der Waals surface area contributed by atoms with E-state index in [9.17, 15) is 19.1 Å². The van der Waals surface area contributed by atoms with Gasteiger partial charge in [0.2, 0.25) is 0 Å². The van der Waals surface area contributed by atoms with E-state index in [1.54, 1.807) is 72.8 Å². The minimum absolute atomic E-state index is 0.0381. The molecular formula is C23H18FNO4. The van der Waals surface area contributed by atoms with Crippen molar-refractivity contribution in [2.24, 2.45) is 0 Å². The van der Waals surface area contributed by atoms with Crippen molar-refractivity contribution in [3.05, 3.63) is 107 Å². The maximum atomic E-state index is 13.7. The quantitative estimate of drug-likeness (QED) is 0.590. The van der Waals surface area contributed by atoms with Crippen molar-refractivity contribution in [3.63, 3.8) is 0 Å². The fraction of sp³-hybridized carbons (Fsp3) is 0.0435. The molecule has 1 amide bonds. The second kappa shape index (κ2) is 9.32. The third kappa shape index (κ3) is 5.52. The zero-order valence-electron chi connectivity index (χ0n) is 15.3. The number of hydrogen-bond donors (Lipinski definition) is 2. The highest BCUT2D eigenvalue weighted by molar-refractivity contribution is 6.02. The number of amides is 1. The number of rotatable bonds is 7. The molecule has 0 saturated heterocycles. The second-order valence-electron chi connectivity index (χ2n) is 6.14. The minimum atomic E-state index is -1.27. The highest BCUT2D eigenvalue weighted by atomic mass is 19.1. The number of ether oxygens (including phenoxy) is 1. The molecule has 5 nitrogen and oxygen atoms in total. The maximum Gasteiger partial charge on any atom is 0.352 e. The Balaban J connectivity index is 1.75. The molecule has 0 fully saturated rings. The first-order valence-corrected chi connectivity index (χ1v) is 8.80. The Hall–Kier alpha value is -3.93. The number of carboxylic acids is 1. The molecule has 0 unspecified atom stereocenters. The zero-order chi connectivity index (χ0) is 20.6. The van der Waals surface area contributed by atoms with Crippen LogP contribution >= 0.6 is 0 Å². The Morgan fingerprint density at radius 2 is 1.69 bits per heavy atom. The van der Waals surface area contributed by atoms with Gasteiger partial charge in [0.25, 0.3) is 5.91 Å². The third-order valence-corrected chi connectivity index (χ3v) is 4.04. The van der Waals surface area contributed by atoms with Gasteiger partial charge in [-0.2, -0.15) is 0 Å². The molecule has 0 aromatic heterocycles. The van der Waals surface area contributed by atoms with Gasteiger partial charge in [0.05, 0.1) is 0 Å². The molecule has 0 spiro atoms. The summed E-state index contributed by atoms with van der Waals surface area (Å²) in [5, 5.41) is 11.8. The summed E-state index contributed by atoms with van der Waals surface area (Å²) in [5.41, 5.74) is 1.00. The summed E-state index contributed by atoms with van der Waals surface area (Å²) in [6.45, 7) is 0.0381. The standard InChI is InChI=1S/C23H18FNO4/c24-20-12-5-4-10-18(20)15-29-19-11-6-7-16(13-19)14-21(23(27)28)25-22(26)17-8-2-1-3-9-17/h1-14H,15H2,(H,25,26)(H,27,28). The number of halogens is 1. The van der Waals surface area contributed by atoms with Crippen LogP contribution in [0.3, 0.4) is 0 Å². The fourth-order valence-corrected chi connectivity index (χ4v) is 2.57. The van der Waals surface area contributed by atoms with Gasteiger partial charge >= 0.3 is 5.97 Å². The molecule has 0 heterocycles. The summed E-state index contributed by atoms with van der Waals surface area (Å²) < 4.78 is 19.3. The first-order chi connectivity index (χ1) is 14.0. The van der Waals surface area contributed by atoms with Gasteiger partial charge in [0.1, 0.15) is 23.9 Å². The van der Waals surface area contributed by atoms with Crippen LogP contribution in [0.25, 0.3) is 6.08 Å². The summed E-state index contributed by atoms with van der Waals surface area (Å²) in [6.07, 6.45) is 1.33. The van der Waals surface area contributed by atoms with E-state index in [0.717, 1.165) is 0 Å². The Labute approximate surface area is 167 Å². The SMILES string of the molecule is O=C(O)C(=Cc1cccc(OCc2ccccc2F)c1)NC(=O)c1ccccc1. The van der Waals surface area contributed by atoms with Crippen molar-refractivity contribution >= 4 is 18.0 Å². The Kier molecular flexibility index (Phi) is 6.37. The normalized spacial score (nSPS) is 11.0. The molecule has 0 aliphatic carbocycles. The Bertz CT molecular complexity index is 1050. The first-order valence-electron chi connectivity index (χ1n) is 8.80. The molecule has 0 aliphatic rings. The fourth-order valence-electron chi connectivity index (χ4n) is 2.57. The van der Waals surface area contributed by atoms with Crippen LogP contribution in [-0.4, -0.2) is 17.0 Å². The predicted molar refractivity (Wildman–Crippen MR) is 107 cm³/mol. The number of aliphatic carboxylic acids is 1. The average molecular weight is 391 g/mol. The summed E-state index contributed by atoms with van der Waals surface area (Å²) in [6, 6.07) is 21.3. The van der Waals surface area contributed by atoms with Crippen LogP contribution in [0, 0.1) is 5.82 Å². The minimum Gasteiger partial charge on any atom is -0.489 e. The van der Waals surface area contributed by atoms with E-state index in [1.807, 2.05) is 0 Å². The van der Waals surface area contributed by atoms with Crippen LogP contribution in [0.4, 0.5) is 4.39 Å². The zero-order valence-corrected chi connectivity index (χ0v) is 15.3. The monoisotopic (exact) mass is 391 g/mol. The Morgan fingerprint density at radius 1 is 0.966 bits per heavy atom. The van der Waals surface area contributed by atoms with E-state index in [1.165, 1.54) is 12.1 Å². The highest BCUT2D eigenvalue weighted by Crippen LogP contribution is 2.18. The molecule has 3 aromatic rings. The molecule has 0 bridgehead atoms. The van der Waals surface area contributed by atoms with E-state index in [-0.39, 0.29) is 18.1 Å². The molecule has 0 aliphatic heterocycles. The van der Waals surface area contributed by atoms with E-state index < -0.39 is 11.9 Å². The number of hydrogen-bond acceptors (Lipinski definition) is 3. The first kappa shape index (κ1) is 19.8. The highest BCUT2D eigenvalue weighted by Gasteiger charge is 2.13. The molecule has 0 radical (unpaired) electrons. The lowest BCUT2D eigenvalue weighted by molar-refractivity contribution is -0.132. The molecule has 3 aromatic carbocycles. The summed E-state index contributed by atoms with van der Waals surface area (Å²) in [5.74, 6) is -1.71. The van der Waals surface area contributed by atoms with Crippen molar-refractivity contribution in [3.8, 4) is 5.75 Å². The summed E-state index contributed by atoms with van der Waals surface area (Å²) in [7, 11) is 0. The number of nitrogens with one attached hydrogen (secondary N) is 1. The number of carbonyl (C=O) groups is 2. The van der Waals surface area contributed by atoms with Crippen molar-refractivity contribution in [1.29, 1.82) is 0 Å².